The van der Waals surface area contributed by atoms with Gasteiger partial charge in [0, 0.05) is 23.9 Å². The number of nitrogen functional groups attached to an aromatic ring is 1. The van der Waals surface area contributed by atoms with Crippen LogP contribution in [-0.4, -0.2) is 40.3 Å². The minimum Gasteiger partial charge on any atom is -0.481 e. The van der Waals surface area contributed by atoms with Crippen LogP contribution in [0.5, 0.6) is 0 Å². The number of carbonyl (C=O) groups is 3. The normalized spacial score (nSPS) is 11.1. The van der Waals surface area contributed by atoms with E-state index in [0.717, 1.165) is 0 Å². The summed E-state index contributed by atoms with van der Waals surface area (Å²) in [7, 11) is 0. The summed E-state index contributed by atoms with van der Waals surface area (Å²) in [5.74, 6) is -1.80. The van der Waals surface area contributed by atoms with Gasteiger partial charge in [0.05, 0.1) is 29.4 Å². The number of anilines is 1. The lowest BCUT2D eigenvalue weighted by Gasteiger charge is -2.19. The number of nitro benzene ring substituents is 1. The van der Waals surface area contributed by atoms with E-state index in [0.29, 0.717) is 11.3 Å². The fourth-order valence-corrected chi connectivity index (χ4v) is 2.81. The minimum atomic E-state index is -1.09. The number of carbonyl (C=O) groups excluding carboxylic acids is 2. The minimum absolute atomic E-state index is 0.118. The summed E-state index contributed by atoms with van der Waals surface area (Å²) in [6.45, 7) is -0.119. The van der Waals surface area contributed by atoms with Crippen molar-refractivity contribution in [3.8, 4) is 0 Å². The maximum absolute atomic E-state index is 12.5. The lowest BCUT2D eigenvalue weighted by molar-refractivity contribution is -0.385. The smallest absolute Gasteiger partial charge is 0.319 e. The molecule has 0 bridgehead atoms. The summed E-state index contributed by atoms with van der Waals surface area (Å²) in [6.07, 6.45) is -0.632. The molecule has 0 aromatic heterocycles. The highest BCUT2D eigenvalue weighted by atomic mass is 16.6. The van der Waals surface area contributed by atoms with E-state index in [1.807, 2.05) is 0 Å². The molecule has 0 spiro atoms. The summed E-state index contributed by atoms with van der Waals surface area (Å²) in [6, 6.07) is 10.0. The van der Waals surface area contributed by atoms with Gasteiger partial charge in [0.2, 0.25) is 5.91 Å². The second-order valence-corrected chi connectivity index (χ2v) is 6.66. The second kappa shape index (κ2) is 11.1. The number of aliphatic carboxylic acids is 1. The van der Waals surface area contributed by atoms with Crippen LogP contribution in [0.2, 0.25) is 0 Å². The van der Waals surface area contributed by atoms with E-state index >= 15 is 0 Å². The molecule has 0 radical (unpaired) electrons. The van der Waals surface area contributed by atoms with Crippen LogP contribution in [0.15, 0.2) is 48.5 Å². The van der Waals surface area contributed by atoms with Gasteiger partial charge >= 0.3 is 12.0 Å². The summed E-state index contributed by atoms with van der Waals surface area (Å²) >= 11 is 0. The number of amides is 3. The molecule has 0 fully saturated rings. The number of nitrogens with zero attached hydrogens (tertiary/aromatic N) is 1. The predicted octanol–water partition coefficient (Wildman–Crippen LogP) is 1.72. The molecule has 12 nitrogen and oxygen atoms in total. The summed E-state index contributed by atoms with van der Waals surface area (Å²) < 4.78 is 0. The lowest BCUT2D eigenvalue weighted by Crippen LogP contribution is -2.37. The van der Waals surface area contributed by atoms with Crippen molar-refractivity contribution in [2.75, 3.05) is 11.9 Å². The molecular formula is C20H22N6O6. The van der Waals surface area contributed by atoms with E-state index in [1.165, 1.54) is 48.5 Å². The number of nitro groups is 1. The maximum Gasteiger partial charge on any atom is 0.319 e. The third kappa shape index (κ3) is 7.09. The molecule has 2 rings (SSSR count). The van der Waals surface area contributed by atoms with Gasteiger partial charge in [-0.05, 0) is 24.3 Å². The Bertz CT molecular complexity index is 1020. The molecule has 0 aliphatic heterocycles. The SMILES string of the molecule is N=C(N)c1ccc(NC(=O)NC(CC(=O)NCCC(=O)O)c2ccccc2[N+](=O)[O-])cc1. The third-order valence-corrected chi connectivity index (χ3v) is 4.32. The molecule has 12 heteroatoms. The lowest BCUT2D eigenvalue weighted by atomic mass is 10.0. The van der Waals surface area contributed by atoms with Crippen molar-refractivity contribution in [3.63, 3.8) is 0 Å². The average molecular weight is 442 g/mol. The van der Waals surface area contributed by atoms with Crippen LogP contribution in [0, 0.1) is 15.5 Å². The number of benzene rings is 2. The number of hydrogen-bond acceptors (Lipinski definition) is 6. The van der Waals surface area contributed by atoms with Crippen LogP contribution in [-0.2, 0) is 9.59 Å². The summed E-state index contributed by atoms with van der Waals surface area (Å²) in [5.41, 5.74) is 6.07. The van der Waals surface area contributed by atoms with Gasteiger partial charge in [0.25, 0.3) is 5.69 Å². The molecule has 0 heterocycles. The number of carboxylic acids is 1. The number of hydrogen-bond donors (Lipinski definition) is 6. The number of nitrogens with two attached hydrogens (primary N) is 1. The van der Waals surface area contributed by atoms with Crippen molar-refractivity contribution >= 4 is 35.1 Å². The first kappa shape index (κ1) is 23.8. The van der Waals surface area contributed by atoms with E-state index in [2.05, 4.69) is 16.0 Å². The Kier molecular flexibility index (Phi) is 8.22. The standard InChI is InChI=1S/C20H22N6O6/c21-19(22)12-5-7-13(8-6-12)24-20(30)25-15(11-17(27)23-10-9-18(28)29)14-3-1-2-4-16(14)26(31)32/h1-8,15H,9-11H2,(H3,21,22)(H,23,27)(H,28,29)(H2,24,25,30). The van der Waals surface area contributed by atoms with Crippen molar-refractivity contribution in [2.45, 2.75) is 18.9 Å². The van der Waals surface area contributed by atoms with Crippen LogP contribution in [0.4, 0.5) is 16.2 Å². The number of carboxylic acid groups (broad SMARTS) is 1. The molecule has 2 aromatic carbocycles. The molecule has 0 saturated carbocycles. The van der Waals surface area contributed by atoms with Gasteiger partial charge in [-0.2, -0.15) is 0 Å². The molecule has 168 valence electrons. The van der Waals surface area contributed by atoms with E-state index in [-0.39, 0.29) is 36.5 Å². The van der Waals surface area contributed by atoms with Crippen LogP contribution in [0.1, 0.15) is 30.0 Å². The van der Waals surface area contributed by atoms with Crippen LogP contribution in [0.25, 0.3) is 0 Å². The van der Waals surface area contributed by atoms with Crippen molar-refractivity contribution < 1.29 is 24.4 Å². The number of para-hydroxylation sites is 1. The zero-order valence-electron chi connectivity index (χ0n) is 16.8. The Labute approximate surface area is 182 Å². The highest BCUT2D eigenvalue weighted by molar-refractivity contribution is 5.96. The largest absolute Gasteiger partial charge is 0.481 e. The van der Waals surface area contributed by atoms with E-state index in [9.17, 15) is 24.5 Å². The van der Waals surface area contributed by atoms with Gasteiger partial charge in [-0.3, -0.25) is 25.1 Å². The Morgan fingerprint density at radius 1 is 1.12 bits per heavy atom. The van der Waals surface area contributed by atoms with E-state index < -0.39 is 28.9 Å². The Morgan fingerprint density at radius 3 is 2.38 bits per heavy atom. The monoisotopic (exact) mass is 442 g/mol. The van der Waals surface area contributed by atoms with E-state index in [1.54, 1.807) is 0 Å². The second-order valence-electron chi connectivity index (χ2n) is 6.66. The maximum atomic E-state index is 12.5. The first-order valence-corrected chi connectivity index (χ1v) is 9.41. The first-order chi connectivity index (χ1) is 15.2. The number of nitrogens with one attached hydrogen (secondary N) is 4. The van der Waals surface area contributed by atoms with Crippen molar-refractivity contribution in [1.29, 1.82) is 5.41 Å². The predicted molar refractivity (Wildman–Crippen MR) is 115 cm³/mol. The highest BCUT2D eigenvalue weighted by Gasteiger charge is 2.25. The molecule has 0 saturated heterocycles. The molecule has 0 aliphatic carbocycles. The highest BCUT2D eigenvalue weighted by Crippen LogP contribution is 2.27. The van der Waals surface area contributed by atoms with Gasteiger partial charge < -0.3 is 26.8 Å². The Morgan fingerprint density at radius 2 is 1.78 bits per heavy atom. The molecule has 32 heavy (non-hydrogen) atoms. The van der Waals surface area contributed by atoms with Gasteiger partial charge in [0.1, 0.15) is 5.84 Å². The summed E-state index contributed by atoms with van der Waals surface area (Å²) in [5, 5.41) is 35.0. The average Bonchev–Trinajstić information content (AvgIpc) is 2.73. The fourth-order valence-electron chi connectivity index (χ4n) is 2.81. The van der Waals surface area contributed by atoms with Crippen molar-refractivity contribution in [1.82, 2.24) is 10.6 Å². The van der Waals surface area contributed by atoms with Gasteiger partial charge in [-0.25, -0.2) is 4.79 Å². The molecule has 2 aromatic rings. The van der Waals surface area contributed by atoms with Crippen molar-refractivity contribution in [3.05, 3.63) is 69.8 Å². The number of urea groups is 1. The third-order valence-electron chi connectivity index (χ3n) is 4.32. The van der Waals surface area contributed by atoms with Gasteiger partial charge in [0.15, 0.2) is 0 Å². The molecule has 3 amide bonds. The quantitative estimate of drug-likeness (QED) is 0.139. The Balaban J connectivity index is 2.17. The fraction of sp³-hybridized carbons (Fsp3) is 0.200. The number of rotatable bonds is 10. The summed E-state index contributed by atoms with van der Waals surface area (Å²) in [4.78, 5) is 46.2. The zero-order valence-corrected chi connectivity index (χ0v) is 16.8. The van der Waals surface area contributed by atoms with Crippen LogP contribution >= 0.6 is 0 Å². The Hall–Kier alpha value is -4.48. The molecular weight excluding hydrogens is 420 g/mol. The molecule has 1 unspecified atom stereocenters. The van der Waals surface area contributed by atoms with Crippen molar-refractivity contribution in [2.24, 2.45) is 5.73 Å². The van der Waals surface area contributed by atoms with Crippen LogP contribution in [0.3, 0.4) is 0 Å². The number of amidine groups is 1. The van der Waals surface area contributed by atoms with Gasteiger partial charge in [-0.1, -0.05) is 18.2 Å². The van der Waals surface area contributed by atoms with Crippen LogP contribution < -0.4 is 21.7 Å². The first-order valence-electron chi connectivity index (χ1n) is 9.41. The molecule has 7 N–H and O–H groups in total. The van der Waals surface area contributed by atoms with Gasteiger partial charge in [-0.15, -0.1) is 0 Å². The zero-order chi connectivity index (χ0) is 23.7. The van der Waals surface area contributed by atoms with E-state index in [4.69, 9.17) is 16.2 Å². The molecule has 1 atom stereocenters. The molecule has 0 aliphatic rings. The topological polar surface area (TPSA) is 201 Å².